The van der Waals surface area contributed by atoms with Crippen LogP contribution in [0.1, 0.15) is 38.1 Å². The van der Waals surface area contributed by atoms with Crippen LogP contribution in [0.5, 0.6) is 0 Å². The Kier molecular flexibility index (Phi) is 4.90. The van der Waals surface area contributed by atoms with Crippen molar-refractivity contribution < 1.29 is 14.6 Å². The number of ether oxygens (including phenoxy) is 1. The van der Waals surface area contributed by atoms with E-state index in [9.17, 15) is 4.79 Å². The number of aromatic carboxylic acids is 1. The zero-order valence-corrected chi connectivity index (χ0v) is 15.0. The number of carboxylic acid groups (broad SMARTS) is 1. The van der Waals surface area contributed by atoms with Crippen molar-refractivity contribution in [3.63, 3.8) is 0 Å². The zero-order chi connectivity index (χ0) is 18.1. The summed E-state index contributed by atoms with van der Waals surface area (Å²) in [7, 11) is 0. The van der Waals surface area contributed by atoms with E-state index in [1.54, 1.807) is 0 Å². The summed E-state index contributed by atoms with van der Waals surface area (Å²) in [5, 5.41) is 8.77. The summed E-state index contributed by atoms with van der Waals surface area (Å²) in [6, 6.07) is 2.82. The van der Waals surface area contributed by atoms with E-state index in [4.69, 9.17) is 27.2 Å². The van der Waals surface area contributed by atoms with E-state index in [2.05, 4.69) is 37.7 Å². The number of halogens is 1. The predicted molar refractivity (Wildman–Crippen MR) is 93.6 cm³/mol. The monoisotopic (exact) mass is 351 g/mol. The lowest BCUT2D eigenvalue weighted by Crippen LogP contribution is -2.08. The topological polar surface area (TPSA) is 97.8 Å². The second kappa shape index (κ2) is 6.43. The third-order valence-corrected chi connectivity index (χ3v) is 5.53. The third kappa shape index (κ3) is 3.53. The molecule has 0 bridgehead atoms. The Morgan fingerprint density at radius 2 is 2.04 bits per heavy atom. The fourth-order valence-corrected chi connectivity index (χ4v) is 3.05. The first-order valence-corrected chi connectivity index (χ1v) is 7.97. The number of aromatic nitrogens is 1. The Hall–Kier alpha value is -2.08. The minimum Gasteiger partial charge on any atom is -0.479 e. The molecule has 1 aromatic rings. The summed E-state index contributed by atoms with van der Waals surface area (Å²) in [4.78, 5) is 18.8. The van der Waals surface area contributed by atoms with Gasteiger partial charge in [0, 0.05) is 18.2 Å². The molecule has 0 unspecified atom stereocenters. The highest BCUT2D eigenvalue weighted by molar-refractivity contribution is 6.32. The Morgan fingerprint density at radius 3 is 2.54 bits per heavy atom. The van der Waals surface area contributed by atoms with Crippen molar-refractivity contribution in [2.75, 3.05) is 6.61 Å². The van der Waals surface area contributed by atoms with Crippen LogP contribution in [0.15, 0.2) is 29.1 Å². The van der Waals surface area contributed by atoms with Gasteiger partial charge in [-0.2, -0.15) is 0 Å². The smallest absolute Gasteiger partial charge is 0.338 e. The van der Waals surface area contributed by atoms with Gasteiger partial charge in [-0.05, 0) is 23.0 Å². The lowest BCUT2D eigenvalue weighted by Gasteiger charge is -2.06. The summed E-state index contributed by atoms with van der Waals surface area (Å²) < 4.78 is 5.57. The van der Waals surface area contributed by atoms with Crippen LogP contribution < -0.4 is 5.73 Å². The summed E-state index contributed by atoms with van der Waals surface area (Å²) >= 11 is 5.78. The first-order valence-electron chi connectivity index (χ1n) is 7.60. The molecule has 1 aliphatic carbocycles. The van der Waals surface area contributed by atoms with Gasteiger partial charge >= 0.3 is 5.97 Å². The van der Waals surface area contributed by atoms with Crippen molar-refractivity contribution in [1.29, 1.82) is 0 Å². The van der Waals surface area contributed by atoms with Crippen LogP contribution in [0.25, 0.3) is 0 Å². The van der Waals surface area contributed by atoms with Crippen LogP contribution in [-0.4, -0.2) is 28.9 Å². The van der Waals surface area contributed by atoms with E-state index in [1.807, 2.05) is 0 Å². The van der Waals surface area contributed by atoms with Crippen LogP contribution in [-0.2, 0) is 4.74 Å². The molecule has 0 atom stereocenters. The molecule has 6 nitrogen and oxygen atoms in total. The minimum absolute atomic E-state index is 0.0660. The molecule has 2 rings (SSSR count). The molecule has 1 aromatic heterocycles. The molecule has 0 spiro atoms. The van der Waals surface area contributed by atoms with Crippen molar-refractivity contribution in [3.05, 3.63) is 34.8 Å². The third-order valence-electron chi connectivity index (χ3n) is 5.25. The largest absolute Gasteiger partial charge is 0.479 e. The molecular weight excluding hydrogens is 330 g/mol. The van der Waals surface area contributed by atoms with Crippen LogP contribution in [0.3, 0.4) is 0 Å². The lowest BCUT2D eigenvalue weighted by molar-refractivity contribution is 0.0696. The normalized spacial score (nSPS) is 19.5. The van der Waals surface area contributed by atoms with E-state index in [1.165, 1.54) is 24.4 Å². The number of aliphatic imine (C=N–C) groups is 1. The van der Waals surface area contributed by atoms with Gasteiger partial charge in [-0.15, -0.1) is 0 Å². The lowest BCUT2D eigenvalue weighted by atomic mass is 10.0. The zero-order valence-electron chi connectivity index (χ0n) is 14.2. The molecule has 130 valence electrons. The fraction of sp³-hybridized carbons (Fsp3) is 0.471. The maximum absolute atomic E-state index is 10.9. The molecule has 0 aromatic carbocycles. The minimum atomic E-state index is -1.13. The van der Waals surface area contributed by atoms with Crippen molar-refractivity contribution in [2.45, 2.75) is 27.7 Å². The number of nitrogens with zero attached hydrogens (tertiary/aromatic N) is 2. The molecule has 0 radical (unpaired) electrons. The van der Waals surface area contributed by atoms with Crippen LogP contribution in [0.4, 0.5) is 5.82 Å². The average molecular weight is 352 g/mol. The predicted octanol–water partition coefficient (Wildman–Crippen LogP) is 3.63. The SMILES string of the molecule is CC1(C)C(COC(N)=CC=Nc2ccc(C(=O)O)c(Cl)n2)C1(C)C. The van der Waals surface area contributed by atoms with Gasteiger partial charge in [-0.25, -0.2) is 14.8 Å². The molecule has 7 heteroatoms. The van der Waals surface area contributed by atoms with Gasteiger partial charge in [0.05, 0.1) is 12.2 Å². The van der Waals surface area contributed by atoms with Gasteiger partial charge in [0.1, 0.15) is 5.15 Å². The summed E-state index contributed by atoms with van der Waals surface area (Å²) in [5.41, 5.74) is 6.23. The van der Waals surface area contributed by atoms with E-state index in [0.29, 0.717) is 18.3 Å². The average Bonchev–Trinajstić information content (AvgIpc) is 2.85. The molecule has 1 aliphatic rings. The Bertz CT molecular complexity index is 697. The molecule has 0 amide bonds. The summed E-state index contributed by atoms with van der Waals surface area (Å²) in [5.74, 6) is -0.117. The second-order valence-electron chi connectivity index (χ2n) is 6.97. The molecule has 1 fully saturated rings. The van der Waals surface area contributed by atoms with Gasteiger partial charge in [-0.1, -0.05) is 39.3 Å². The second-order valence-corrected chi connectivity index (χ2v) is 7.33. The van der Waals surface area contributed by atoms with Gasteiger partial charge in [-0.3, -0.25) is 0 Å². The molecular formula is C17H22ClN3O3. The number of allylic oxidation sites excluding steroid dienone is 1. The first kappa shape index (κ1) is 18.3. The molecule has 24 heavy (non-hydrogen) atoms. The van der Waals surface area contributed by atoms with Crippen LogP contribution in [0, 0.1) is 16.7 Å². The summed E-state index contributed by atoms with van der Waals surface area (Å²) in [6.07, 6.45) is 2.97. The maximum atomic E-state index is 10.9. The van der Waals surface area contributed by atoms with Crippen molar-refractivity contribution >= 4 is 29.6 Å². The number of carbonyl (C=O) groups is 1. The van der Waals surface area contributed by atoms with Gasteiger partial charge in [0.25, 0.3) is 0 Å². The summed E-state index contributed by atoms with van der Waals surface area (Å²) in [6.45, 7) is 9.45. The Morgan fingerprint density at radius 1 is 1.42 bits per heavy atom. The van der Waals surface area contributed by atoms with Gasteiger partial charge in [0.2, 0.25) is 0 Å². The van der Waals surface area contributed by atoms with E-state index < -0.39 is 5.97 Å². The van der Waals surface area contributed by atoms with Crippen molar-refractivity contribution in [3.8, 4) is 0 Å². The van der Waals surface area contributed by atoms with Crippen molar-refractivity contribution in [1.82, 2.24) is 4.98 Å². The first-order chi connectivity index (χ1) is 11.1. The molecule has 1 saturated carbocycles. The highest BCUT2D eigenvalue weighted by atomic mass is 35.5. The number of pyridine rings is 1. The highest BCUT2D eigenvalue weighted by Crippen LogP contribution is 2.68. The molecule has 0 aliphatic heterocycles. The van der Waals surface area contributed by atoms with E-state index in [0.717, 1.165) is 0 Å². The Balaban J connectivity index is 1.92. The van der Waals surface area contributed by atoms with Crippen LogP contribution >= 0.6 is 11.6 Å². The van der Waals surface area contributed by atoms with E-state index >= 15 is 0 Å². The highest BCUT2D eigenvalue weighted by Gasteiger charge is 2.64. The Labute approximate surface area is 146 Å². The van der Waals surface area contributed by atoms with Crippen LogP contribution in [0.2, 0.25) is 5.15 Å². The fourth-order valence-electron chi connectivity index (χ4n) is 2.82. The number of hydrogen-bond acceptors (Lipinski definition) is 5. The van der Waals surface area contributed by atoms with Crippen molar-refractivity contribution in [2.24, 2.45) is 27.5 Å². The molecule has 0 saturated heterocycles. The van der Waals surface area contributed by atoms with Gasteiger partial charge < -0.3 is 15.6 Å². The molecule has 1 heterocycles. The van der Waals surface area contributed by atoms with E-state index in [-0.39, 0.29) is 27.4 Å². The number of carboxylic acids is 1. The van der Waals surface area contributed by atoms with Gasteiger partial charge in [0.15, 0.2) is 11.7 Å². The number of hydrogen-bond donors (Lipinski definition) is 2. The standard InChI is InChI=1S/C17H22ClN3O3/c1-16(2)11(17(16,3)4)9-24-12(19)7-8-20-13-6-5-10(15(22)23)14(18)21-13/h5-8,11H,9,19H2,1-4H3,(H,22,23). The maximum Gasteiger partial charge on any atom is 0.338 e. The number of nitrogens with two attached hydrogens (primary N) is 1. The number of rotatable bonds is 6. The quantitative estimate of drug-likeness (QED) is 0.463. The molecule has 3 N–H and O–H groups in total.